The summed E-state index contributed by atoms with van der Waals surface area (Å²) in [6, 6.07) is 7.62. The lowest BCUT2D eigenvalue weighted by Crippen LogP contribution is -2.29. The zero-order chi connectivity index (χ0) is 14.5. The molecule has 1 aromatic carbocycles. The number of aliphatic hydroxyl groups excluding tert-OH is 1. The van der Waals surface area contributed by atoms with Gasteiger partial charge < -0.3 is 10.4 Å². The number of halogens is 2. The molecule has 0 amide bonds. The van der Waals surface area contributed by atoms with E-state index in [4.69, 9.17) is 5.11 Å². The van der Waals surface area contributed by atoms with E-state index in [1.54, 1.807) is 12.1 Å². The fourth-order valence-corrected chi connectivity index (χ4v) is 2.89. The van der Waals surface area contributed by atoms with Crippen LogP contribution in [-0.2, 0) is 0 Å². The van der Waals surface area contributed by atoms with Gasteiger partial charge in [0.25, 0.3) is 5.76 Å². The molecule has 0 fully saturated rings. The summed E-state index contributed by atoms with van der Waals surface area (Å²) in [5.41, 5.74) is 1.07. The molecule has 1 aliphatic rings. The van der Waals surface area contributed by atoms with Gasteiger partial charge >= 0.3 is 0 Å². The molecule has 3 atom stereocenters. The lowest BCUT2D eigenvalue weighted by atomic mass is 10.1. The van der Waals surface area contributed by atoms with Crippen LogP contribution in [0.1, 0.15) is 24.9 Å². The summed E-state index contributed by atoms with van der Waals surface area (Å²) in [7, 11) is 0. The molecule has 0 spiro atoms. The molecule has 2 rings (SSSR count). The van der Waals surface area contributed by atoms with Crippen LogP contribution in [0.15, 0.2) is 41.3 Å². The van der Waals surface area contributed by atoms with Crippen LogP contribution >= 0.6 is 11.8 Å². The van der Waals surface area contributed by atoms with E-state index in [0.29, 0.717) is 16.7 Å². The van der Waals surface area contributed by atoms with Crippen LogP contribution in [0.4, 0.5) is 8.78 Å². The van der Waals surface area contributed by atoms with Gasteiger partial charge in [0.2, 0.25) is 0 Å². The topological polar surface area (TPSA) is 32.3 Å². The molecule has 0 saturated heterocycles. The molecule has 5 heteroatoms. The number of aliphatic hydroxyl groups is 1. The molecule has 0 radical (unpaired) electrons. The molecule has 0 heterocycles. The fourth-order valence-electron chi connectivity index (χ4n) is 2.39. The first-order valence-corrected chi connectivity index (χ1v) is 7.56. The quantitative estimate of drug-likeness (QED) is 0.622. The Labute approximate surface area is 122 Å². The monoisotopic (exact) mass is 299 g/mol. The van der Waals surface area contributed by atoms with Gasteiger partial charge in [0.15, 0.2) is 0 Å². The minimum atomic E-state index is -2.38. The summed E-state index contributed by atoms with van der Waals surface area (Å²) in [5.74, 6) is -2.14. The second-order valence-corrected chi connectivity index (χ2v) is 6.07. The second kappa shape index (κ2) is 7.20. The third kappa shape index (κ3) is 4.30. The van der Waals surface area contributed by atoms with E-state index in [9.17, 15) is 8.78 Å². The number of rotatable bonds is 6. The highest BCUT2D eigenvalue weighted by atomic mass is 32.2. The number of alkyl halides is 2. The van der Waals surface area contributed by atoms with E-state index in [1.165, 1.54) is 0 Å². The Hall–Kier alpha value is -0.910. The lowest BCUT2D eigenvalue weighted by molar-refractivity contribution is 0.245. The molecule has 2 nitrogen and oxygen atoms in total. The van der Waals surface area contributed by atoms with Crippen molar-refractivity contribution in [3.63, 3.8) is 0 Å². The van der Waals surface area contributed by atoms with Crippen molar-refractivity contribution in [3.8, 4) is 0 Å². The minimum Gasteiger partial charge on any atom is -0.396 e. The Morgan fingerprint density at radius 1 is 1.30 bits per heavy atom. The number of nitrogens with one attached hydrogen (secondary N) is 1. The van der Waals surface area contributed by atoms with Crippen molar-refractivity contribution in [1.82, 2.24) is 5.32 Å². The summed E-state index contributed by atoms with van der Waals surface area (Å²) >= 11 is 0.562. The molecule has 0 saturated carbocycles. The summed E-state index contributed by atoms with van der Waals surface area (Å²) in [6.45, 7) is 2.23. The van der Waals surface area contributed by atoms with Crippen LogP contribution in [-0.4, -0.2) is 23.5 Å². The van der Waals surface area contributed by atoms with Crippen molar-refractivity contribution < 1.29 is 13.9 Å². The number of hydrogen-bond donors (Lipinski definition) is 2. The van der Waals surface area contributed by atoms with Gasteiger partial charge in [-0.1, -0.05) is 36.0 Å². The van der Waals surface area contributed by atoms with Gasteiger partial charge in [0, 0.05) is 29.5 Å². The summed E-state index contributed by atoms with van der Waals surface area (Å²) in [4.78, 5) is 0.581. The van der Waals surface area contributed by atoms with E-state index in [0.717, 1.165) is 12.0 Å². The molecule has 1 aliphatic carbocycles. The number of benzene rings is 1. The highest BCUT2D eigenvalue weighted by Crippen LogP contribution is 2.27. The van der Waals surface area contributed by atoms with Gasteiger partial charge in [-0.25, -0.2) is 0 Å². The van der Waals surface area contributed by atoms with Crippen molar-refractivity contribution >= 4 is 11.8 Å². The minimum absolute atomic E-state index is 0.146. The maximum atomic E-state index is 12.2. The SMILES string of the molecule is C[C@H](N[C@@H]1C=C[C@H](CO)C1)c1ccc(SC(F)F)cc1. The van der Waals surface area contributed by atoms with Gasteiger partial charge in [-0.2, -0.15) is 8.78 Å². The largest absolute Gasteiger partial charge is 0.396 e. The summed E-state index contributed by atoms with van der Waals surface area (Å²) in [5, 5.41) is 12.6. The number of hydrogen-bond acceptors (Lipinski definition) is 3. The van der Waals surface area contributed by atoms with E-state index in [-0.39, 0.29) is 24.6 Å². The zero-order valence-electron chi connectivity index (χ0n) is 11.3. The van der Waals surface area contributed by atoms with Crippen molar-refractivity contribution in [1.29, 1.82) is 0 Å². The van der Waals surface area contributed by atoms with Gasteiger partial charge in [-0.05, 0) is 31.0 Å². The molecular formula is C15H19F2NOS. The average molecular weight is 299 g/mol. The van der Waals surface area contributed by atoms with E-state index < -0.39 is 5.76 Å². The van der Waals surface area contributed by atoms with Gasteiger partial charge in [0.05, 0.1) is 0 Å². The molecule has 0 aliphatic heterocycles. The first kappa shape index (κ1) is 15.5. The first-order chi connectivity index (χ1) is 9.58. The van der Waals surface area contributed by atoms with Crippen LogP contribution in [0.5, 0.6) is 0 Å². The standard InChI is InChI=1S/C15H19F2NOS/c1-10(18-13-5-2-11(8-13)9-19)12-3-6-14(7-4-12)20-15(16)17/h2-7,10-11,13,15,18-19H,8-9H2,1H3/t10-,11-,13+/m0/s1. The van der Waals surface area contributed by atoms with Crippen LogP contribution in [0.25, 0.3) is 0 Å². The molecule has 110 valence electrons. The second-order valence-electron chi connectivity index (χ2n) is 5.01. The molecule has 0 unspecified atom stereocenters. The van der Waals surface area contributed by atoms with Crippen LogP contribution < -0.4 is 5.32 Å². The molecule has 0 bridgehead atoms. The molecular weight excluding hydrogens is 280 g/mol. The molecule has 2 N–H and O–H groups in total. The van der Waals surface area contributed by atoms with Gasteiger partial charge in [-0.15, -0.1) is 0 Å². The first-order valence-electron chi connectivity index (χ1n) is 6.68. The van der Waals surface area contributed by atoms with Crippen molar-refractivity contribution in [3.05, 3.63) is 42.0 Å². The fraction of sp³-hybridized carbons (Fsp3) is 0.467. The van der Waals surface area contributed by atoms with Crippen LogP contribution in [0.2, 0.25) is 0 Å². The van der Waals surface area contributed by atoms with Crippen LogP contribution in [0, 0.1) is 5.92 Å². The van der Waals surface area contributed by atoms with Crippen molar-refractivity contribution in [2.45, 2.75) is 36.1 Å². The van der Waals surface area contributed by atoms with Gasteiger partial charge in [0.1, 0.15) is 0 Å². The lowest BCUT2D eigenvalue weighted by Gasteiger charge is -2.20. The van der Waals surface area contributed by atoms with E-state index >= 15 is 0 Å². The molecule has 20 heavy (non-hydrogen) atoms. The molecule has 1 aromatic rings. The maximum absolute atomic E-state index is 12.2. The average Bonchev–Trinajstić information content (AvgIpc) is 2.86. The smallest absolute Gasteiger partial charge is 0.288 e. The third-order valence-electron chi connectivity index (χ3n) is 3.48. The Morgan fingerprint density at radius 3 is 2.55 bits per heavy atom. The van der Waals surface area contributed by atoms with Crippen LogP contribution in [0.3, 0.4) is 0 Å². The number of thioether (sulfide) groups is 1. The third-order valence-corrected chi connectivity index (χ3v) is 4.20. The van der Waals surface area contributed by atoms with Gasteiger partial charge in [-0.3, -0.25) is 0 Å². The normalized spacial score (nSPS) is 23.4. The zero-order valence-corrected chi connectivity index (χ0v) is 12.1. The van der Waals surface area contributed by atoms with E-state index in [2.05, 4.69) is 18.3 Å². The Balaban J connectivity index is 1.89. The Morgan fingerprint density at radius 2 is 2.00 bits per heavy atom. The van der Waals surface area contributed by atoms with E-state index in [1.807, 2.05) is 18.2 Å². The Kier molecular flexibility index (Phi) is 5.57. The predicted molar refractivity (Wildman–Crippen MR) is 78.0 cm³/mol. The summed E-state index contributed by atoms with van der Waals surface area (Å²) < 4.78 is 24.5. The maximum Gasteiger partial charge on any atom is 0.288 e. The Bertz CT molecular complexity index is 450. The van der Waals surface area contributed by atoms with Crippen molar-refractivity contribution in [2.24, 2.45) is 5.92 Å². The highest BCUT2D eigenvalue weighted by Gasteiger charge is 2.19. The molecule has 0 aromatic heterocycles. The highest BCUT2D eigenvalue weighted by molar-refractivity contribution is 7.99. The predicted octanol–water partition coefficient (Wildman–Crippen LogP) is 3.59. The van der Waals surface area contributed by atoms with Crippen molar-refractivity contribution in [2.75, 3.05) is 6.61 Å². The summed E-state index contributed by atoms with van der Waals surface area (Å²) in [6.07, 6.45) is 5.02.